The first-order valence-electron chi connectivity index (χ1n) is 4.71. The molecule has 2 heteroatoms. The van der Waals surface area contributed by atoms with Crippen LogP contribution in [-0.2, 0) is 0 Å². The fourth-order valence-electron chi connectivity index (χ4n) is 1.90. The van der Waals surface area contributed by atoms with E-state index in [9.17, 15) is 4.39 Å². The maximum atomic E-state index is 13.2. The summed E-state index contributed by atoms with van der Waals surface area (Å²) >= 11 is 0. The maximum Gasteiger partial charge on any atom is 0.105 e. The van der Waals surface area contributed by atoms with Crippen LogP contribution in [0.4, 0.5) is 4.39 Å². The van der Waals surface area contributed by atoms with Gasteiger partial charge in [0.2, 0.25) is 0 Å². The number of nitrogens with one attached hydrogen (secondary N) is 1. The summed E-state index contributed by atoms with van der Waals surface area (Å²) < 4.78 is 13.2. The highest BCUT2D eigenvalue weighted by molar-refractivity contribution is 4.84. The third-order valence-electron chi connectivity index (χ3n) is 2.85. The van der Waals surface area contributed by atoms with E-state index in [1.165, 1.54) is 12.8 Å². The lowest BCUT2D eigenvalue weighted by molar-refractivity contribution is 0.165. The van der Waals surface area contributed by atoms with E-state index in [1.807, 2.05) is 0 Å². The number of halogens is 1. The second-order valence-electron chi connectivity index (χ2n) is 3.95. The van der Waals surface area contributed by atoms with Crippen LogP contribution in [0.3, 0.4) is 0 Å². The van der Waals surface area contributed by atoms with Crippen LogP contribution in [0.5, 0.6) is 0 Å². The van der Waals surface area contributed by atoms with Crippen molar-refractivity contribution in [1.29, 1.82) is 0 Å². The molecular weight excluding hydrogens is 141 g/mol. The average Bonchev–Trinajstić information content (AvgIpc) is 2.78. The first-order chi connectivity index (χ1) is 5.36. The molecule has 11 heavy (non-hydrogen) atoms. The second-order valence-corrected chi connectivity index (χ2v) is 3.95. The molecular formula is C9H16FN. The Labute approximate surface area is 67.4 Å². The summed E-state index contributed by atoms with van der Waals surface area (Å²) in [6.45, 7) is 1.79. The molecule has 1 heterocycles. The third kappa shape index (κ3) is 1.92. The van der Waals surface area contributed by atoms with E-state index in [2.05, 4.69) is 5.32 Å². The standard InChI is InChI=1S/C9H16FN/c10-9-3-4-11-6-8(9)5-7-1-2-7/h7-9,11H,1-6H2. The lowest BCUT2D eigenvalue weighted by Gasteiger charge is -2.26. The molecule has 0 amide bonds. The molecule has 2 rings (SSSR count). The zero-order valence-electron chi connectivity index (χ0n) is 6.85. The first kappa shape index (κ1) is 7.53. The summed E-state index contributed by atoms with van der Waals surface area (Å²) in [5.41, 5.74) is 0. The summed E-state index contributed by atoms with van der Waals surface area (Å²) in [5.74, 6) is 1.20. The molecule has 0 aromatic rings. The van der Waals surface area contributed by atoms with Gasteiger partial charge in [-0.05, 0) is 25.3 Å². The molecule has 2 unspecified atom stereocenters. The van der Waals surface area contributed by atoms with Crippen LogP contribution in [0, 0.1) is 11.8 Å². The monoisotopic (exact) mass is 157 g/mol. The van der Waals surface area contributed by atoms with Crippen LogP contribution >= 0.6 is 0 Å². The first-order valence-corrected chi connectivity index (χ1v) is 4.71. The van der Waals surface area contributed by atoms with Gasteiger partial charge in [0.05, 0.1) is 0 Å². The van der Waals surface area contributed by atoms with E-state index in [-0.39, 0.29) is 0 Å². The zero-order chi connectivity index (χ0) is 7.68. The quantitative estimate of drug-likeness (QED) is 0.643. The van der Waals surface area contributed by atoms with Crippen LogP contribution in [0.25, 0.3) is 0 Å². The van der Waals surface area contributed by atoms with Crippen molar-refractivity contribution in [1.82, 2.24) is 5.32 Å². The minimum absolute atomic E-state index is 0.330. The molecule has 0 aromatic heterocycles. The van der Waals surface area contributed by atoms with Gasteiger partial charge in [-0.3, -0.25) is 0 Å². The topological polar surface area (TPSA) is 12.0 Å². The molecule has 1 nitrogen and oxygen atoms in total. The Bertz CT molecular complexity index is 134. The Morgan fingerprint density at radius 1 is 1.27 bits per heavy atom. The highest BCUT2D eigenvalue weighted by atomic mass is 19.1. The van der Waals surface area contributed by atoms with Gasteiger partial charge in [-0.15, -0.1) is 0 Å². The summed E-state index contributed by atoms with van der Waals surface area (Å²) in [7, 11) is 0. The molecule has 0 aromatic carbocycles. The van der Waals surface area contributed by atoms with Crippen LogP contribution in [0.2, 0.25) is 0 Å². The summed E-state index contributed by atoms with van der Waals surface area (Å²) in [4.78, 5) is 0. The van der Waals surface area contributed by atoms with Gasteiger partial charge in [0.25, 0.3) is 0 Å². The van der Waals surface area contributed by atoms with E-state index in [1.54, 1.807) is 0 Å². The van der Waals surface area contributed by atoms with Gasteiger partial charge in [0.15, 0.2) is 0 Å². The zero-order valence-corrected chi connectivity index (χ0v) is 6.85. The number of hydrogen-bond acceptors (Lipinski definition) is 1. The molecule has 1 saturated carbocycles. The number of alkyl halides is 1. The van der Waals surface area contributed by atoms with Crippen molar-refractivity contribution >= 4 is 0 Å². The van der Waals surface area contributed by atoms with Gasteiger partial charge >= 0.3 is 0 Å². The fraction of sp³-hybridized carbons (Fsp3) is 1.00. The molecule has 0 bridgehead atoms. The molecule has 1 saturated heterocycles. The van der Waals surface area contributed by atoms with Gasteiger partial charge in [0, 0.05) is 12.5 Å². The molecule has 2 fully saturated rings. The number of hydrogen-bond donors (Lipinski definition) is 1. The second kappa shape index (κ2) is 3.10. The van der Waals surface area contributed by atoms with Gasteiger partial charge in [-0.2, -0.15) is 0 Å². The van der Waals surface area contributed by atoms with E-state index in [0.717, 1.165) is 31.8 Å². The Kier molecular flexibility index (Phi) is 2.12. The van der Waals surface area contributed by atoms with Crippen molar-refractivity contribution in [2.45, 2.75) is 31.9 Å². The summed E-state index contributed by atoms with van der Waals surface area (Å²) in [5, 5.41) is 3.26. The van der Waals surface area contributed by atoms with Crippen molar-refractivity contribution in [2.75, 3.05) is 13.1 Å². The molecule has 2 aliphatic rings. The van der Waals surface area contributed by atoms with Crippen LogP contribution in [0.1, 0.15) is 25.7 Å². The minimum Gasteiger partial charge on any atom is -0.316 e. The largest absolute Gasteiger partial charge is 0.316 e. The molecule has 1 aliphatic heterocycles. The predicted octanol–water partition coefficient (Wildman–Crippen LogP) is 1.73. The lowest BCUT2D eigenvalue weighted by atomic mass is 9.92. The molecule has 1 N–H and O–H groups in total. The Morgan fingerprint density at radius 2 is 2.09 bits per heavy atom. The molecule has 64 valence electrons. The highest BCUT2D eigenvalue weighted by Gasteiger charge is 2.31. The van der Waals surface area contributed by atoms with Gasteiger partial charge in [-0.1, -0.05) is 12.8 Å². The minimum atomic E-state index is -0.517. The summed E-state index contributed by atoms with van der Waals surface area (Å²) in [6.07, 6.45) is 4.05. The molecule has 2 atom stereocenters. The smallest absolute Gasteiger partial charge is 0.105 e. The molecule has 0 radical (unpaired) electrons. The van der Waals surface area contributed by atoms with Crippen molar-refractivity contribution in [2.24, 2.45) is 11.8 Å². The Hall–Kier alpha value is -0.110. The van der Waals surface area contributed by atoms with E-state index >= 15 is 0 Å². The number of rotatable bonds is 2. The molecule has 1 aliphatic carbocycles. The van der Waals surface area contributed by atoms with E-state index in [4.69, 9.17) is 0 Å². The highest BCUT2D eigenvalue weighted by Crippen LogP contribution is 2.37. The average molecular weight is 157 g/mol. The van der Waals surface area contributed by atoms with Crippen LogP contribution in [0.15, 0.2) is 0 Å². The lowest BCUT2D eigenvalue weighted by Crippen LogP contribution is -2.37. The van der Waals surface area contributed by atoms with E-state index < -0.39 is 6.17 Å². The van der Waals surface area contributed by atoms with Crippen molar-refractivity contribution in [3.05, 3.63) is 0 Å². The van der Waals surface area contributed by atoms with Crippen LogP contribution < -0.4 is 5.32 Å². The van der Waals surface area contributed by atoms with Gasteiger partial charge in [0.1, 0.15) is 6.17 Å². The van der Waals surface area contributed by atoms with Crippen LogP contribution in [-0.4, -0.2) is 19.3 Å². The Balaban J connectivity index is 1.78. The predicted molar refractivity (Wildman–Crippen MR) is 43.2 cm³/mol. The fourth-order valence-corrected chi connectivity index (χ4v) is 1.90. The van der Waals surface area contributed by atoms with E-state index in [0.29, 0.717) is 5.92 Å². The molecule has 0 spiro atoms. The SMILES string of the molecule is FC1CCNCC1CC1CC1. The maximum absolute atomic E-state index is 13.2. The Morgan fingerprint density at radius 3 is 2.73 bits per heavy atom. The summed E-state index contributed by atoms with van der Waals surface area (Å²) in [6, 6.07) is 0. The van der Waals surface area contributed by atoms with Gasteiger partial charge in [-0.25, -0.2) is 4.39 Å². The van der Waals surface area contributed by atoms with Crippen molar-refractivity contribution in [3.8, 4) is 0 Å². The third-order valence-corrected chi connectivity index (χ3v) is 2.85. The van der Waals surface area contributed by atoms with Gasteiger partial charge < -0.3 is 5.32 Å². The normalized spacial score (nSPS) is 39.0. The van der Waals surface area contributed by atoms with Crippen molar-refractivity contribution < 1.29 is 4.39 Å². The number of piperidine rings is 1. The van der Waals surface area contributed by atoms with Crippen molar-refractivity contribution in [3.63, 3.8) is 0 Å².